The average Bonchev–Trinajstić information content (AvgIpc) is 2.70. The van der Waals surface area contributed by atoms with Crippen LogP contribution in [-0.2, 0) is 14.6 Å². The molecule has 0 radical (unpaired) electrons. The van der Waals surface area contributed by atoms with E-state index in [2.05, 4.69) is 10.6 Å². The molecule has 0 bridgehead atoms. The monoisotopic (exact) mass is 344 g/mol. The van der Waals surface area contributed by atoms with Crippen molar-refractivity contribution in [2.24, 2.45) is 0 Å². The van der Waals surface area contributed by atoms with Crippen molar-refractivity contribution in [1.29, 1.82) is 0 Å². The summed E-state index contributed by atoms with van der Waals surface area (Å²) in [4.78, 5) is 12.0. The molecule has 1 saturated heterocycles. The van der Waals surface area contributed by atoms with Gasteiger partial charge in [-0.25, -0.2) is 8.42 Å². The van der Waals surface area contributed by atoms with Crippen molar-refractivity contribution in [3.63, 3.8) is 0 Å². The molecule has 0 aromatic heterocycles. The lowest BCUT2D eigenvalue weighted by molar-refractivity contribution is -0.121. The molecular weight excluding hydrogens is 324 g/mol. The van der Waals surface area contributed by atoms with Crippen LogP contribution in [0.15, 0.2) is 24.3 Å². The zero-order chi connectivity index (χ0) is 16.4. The summed E-state index contributed by atoms with van der Waals surface area (Å²) < 4.78 is 23.1. The Balaban J connectivity index is 1.87. The number of benzene rings is 1. The molecule has 1 fully saturated rings. The zero-order valence-electron chi connectivity index (χ0n) is 12.7. The van der Waals surface area contributed by atoms with Crippen molar-refractivity contribution in [2.75, 3.05) is 18.1 Å². The third-order valence-electron chi connectivity index (χ3n) is 3.89. The molecule has 0 saturated carbocycles. The first-order valence-electron chi connectivity index (χ1n) is 7.20. The minimum absolute atomic E-state index is 0.00576. The fourth-order valence-corrected chi connectivity index (χ4v) is 5.06. The van der Waals surface area contributed by atoms with Gasteiger partial charge in [-0.2, -0.15) is 0 Å². The van der Waals surface area contributed by atoms with E-state index in [-0.39, 0.29) is 30.0 Å². The van der Waals surface area contributed by atoms with Gasteiger partial charge in [0, 0.05) is 11.1 Å². The van der Waals surface area contributed by atoms with Crippen LogP contribution in [0.1, 0.15) is 31.9 Å². The summed E-state index contributed by atoms with van der Waals surface area (Å²) in [5.41, 5.74) is 0.261. The van der Waals surface area contributed by atoms with Crippen LogP contribution in [0.25, 0.3) is 0 Å². The van der Waals surface area contributed by atoms with Crippen LogP contribution >= 0.6 is 11.6 Å². The Labute approximate surface area is 136 Å². The molecule has 1 aromatic carbocycles. The van der Waals surface area contributed by atoms with E-state index in [0.29, 0.717) is 11.4 Å². The maximum atomic E-state index is 12.0. The highest BCUT2D eigenvalue weighted by Crippen LogP contribution is 2.23. The molecule has 122 valence electrons. The highest BCUT2D eigenvalue weighted by Gasteiger charge is 2.39. The van der Waals surface area contributed by atoms with Crippen molar-refractivity contribution in [1.82, 2.24) is 10.6 Å². The average molecular weight is 345 g/mol. The van der Waals surface area contributed by atoms with Gasteiger partial charge in [-0.15, -0.1) is 0 Å². The van der Waals surface area contributed by atoms with Crippen LogP contribution in [0.2, 0.25) is 5.02 Å². The molecule has 2 atom stereocenters. The maximum Gasteiger partial charge on any atom is 0.234 e. The topological polar surface area (TPSA) is 75.3 Å². The number of halogens is 1. The largest absolute Gasteiger partial charge is 0.349 e. The van der Waals surface area contributed by atoms with Gasteiger partial charge in [0.05, 0.1) is 23.6 Å². The number of rotatable bonds is 5. The molecule has 22 heavy (non-hydrogen) atoms. The van der Waals surface area contributed by atoms with E-state index in [1.54, 1.807) is 13.0 Å². The summed E-state index contributed by atoms with van der Waals surface area (Å²) in [5, 5.41) is 6.57. The molecule has 2 rings (SSSR count). The molecule has 1 aromatic rings. The molecule has 7 heteroatoms. The highest BCUT2D eigenvalue weighted by atomic mass is 35.5. The van der Waals surface area contributed by atoms with E-state index < -0.39 is 15.4 Å². The Hall–Kier alpha value is -1.11. The predicted molar refractivity (Wildman–Crippen MR) is 87.7 cm³/mol. The van der Waals surface area contributed by atoms with Gasteiger partial charge < -0.3 is 10.6 Å². The summed E-state index contributed by atoms with van der Waals surface area (Å²) in [5.74, 6) is -0.0718. The molecule has 1 heterocycles. The van der Waals surface area contributed by atoms with Crippen LogP contribution in [0.5, 0.6) is 0 Å². The van der Waals surface area contributed by atoms with Crippen LogP contribution < -0.4 is 10.6 Å². The number of carbonyl (C=O) groups is 1. The Bertz CT molecular complexity index is 663. The number of hydrogen-bond acceptors (Lipinski definition) is 4. The first kappa shape index (κ1) is 17.2. The van der Waals surface area contributed by atoms with Gasteiger partial charge in [0.15, 0.2) is 9.84 Å². The highest BCUT2D eigenvalue weighted by molar-refractivity contribution is 7.91. The Morgan fingerprint density at radius 1 is 1.41 bits per heavy atom. The lowest BCUT2D eigenvalue weighted by Gasteiger charge is -2.24. The summed E-state index contributed by atoms with van der Waals surface area (Å²) in [6.45, 7) is 3.81. The predicted octanol–water partition coefficient (Wildman–Crippen LogP) is 1.68. The van der Waals surface area contributed by atoms with Gasteiger partial charge in [-0.1, -0.05) is 29.8 Å². The Kier molecular flexibility index (Phi) is 5.14. The zero-order valence-corrected chi connectivity index (χ0v) is 14.3. The third kappa shape index (κ3) is 4.44. The first-order valence-corrected chi connectivity index (χ1v) is 9.40. The van der Waals surface area contributed by atoms with Crippen molar-refractivity contribution in [2.45, 2.75) is 31.8 Å². The molecule has 0 unspecified atom stereocenters. The smallest absolute Gasteiger partial charge is 0.234 e. The minimum Gasteiger partial charge on any atom is -0.349 e. The van der Waals surface area contributed by atoms with Crippen LogP contribution in [0.3, 0.4) is 0 Å². The molecule has 1 amide bonds. The van der Waals surface area contributed by atoms with E-state index in [0.717, 1.165) is 5.56 Å². The first-order chi connectivity index (χ1) is 10.2. The van der Waals surface area contributed by atoms with Gasteiger partial charge in [0.1, 0.15) is 0 Å². The standard InChI is InChI=1S/C15H21ClN2O3S/c1-11(12-5-3-4-6-13(12)16)17-9-14(19)18-15(2)7-8-22(20,21)10-15/h3-6,11,17H,7-10H2,1-2H3,(H,18,19)/t11-,15-/m0/s1. The third-order valence-corrected chi connectivity index (χ3v) is 6.13. The van der Waals surface area contributed by atoms with Gasteiger partial charge in [-0.3, -0.25) is 4.79 Å². The quantitative estimate of drug-likeness (QED) is 0.852. The van der Waals surface area contributed by atoms with Crippen molar-refractivity contribution < 1.29 is 13.2 Å². The van der Waals surface area contributed by atoms with Crippen LogP contribution in [0.4, 0.5) is 0 Å². The van der Waals surface area contributed by atoms with Crippen LogP contribution in [0, 0.1) is 0 Å². The van der Waals surface area contributed by atoms with Crippen LogP contribution in [-0.4, -0.2) is 37.9 Å². The molecule has 0 aliphatic carbocycles. The number of nitrogens with one attached hydrogen (secondary N) is 2. The number of carbonyl (C=O) groups excluding carboxylic acids is 1. The van der Waals surface area contributed by atoms with E-state index in [9.17, 15) is 13.2 Å². The lowest BCUT2D eigenvalue weighted by atomic mass is 10.0. The van der Waals surface area contributed by atoms with Gasteiger partial charge in [-0.05, 0) is 31.9 Å². The molecule has 1 aliphatic rings. The summed E-state index contributed by atoms with van der Waals surface area (Å²) in [6.07, 6.45) is 0.459. The lowest BCUT2D eigenvalue weighted by Crippen LogP contribution is -2.49. The number of amides is 1. The van der Waals surface area contributed by atoms with Crippen molar-refractivity contribution >= 4 is 27.3 Å². The van der Waals surface area contributed by atoms with Crippen molar-refractivity contribution in [3.8, 4) is 0 Å². The molecule has 2 N–H and O–H groups in total. The fourth-order valence-electron chi connectivity index (χ4n) is 2.67. The van der Waals surface area contributed by atoms with Gasteiger partial charge in [0.25, 0.3) is 0 Å². The normalized spacial score (nSPS) is 24.9. The second-order valence-corrected chi connectivity index (χ2v) is 8.67. The van der Waals surface area contributed by atoms with E-state index in [1.807, 2.05) is 25.1 Å². The van der Waals surface area contributed by atoms with E-state index in [1.165, 1.54) is 0 Å². The fraction of sp³-hybridized carbons (Fsp3) is 0.533. The summed E-state index contributed by atoms with van der Waals surface area (Å²) in [6, 6.07) is 7.39. The second kappa shape index (κ2) is 6.56. The SMILES string of the molecule is C[C@H](NCC(=O)N[C@@]1(C)CCS(=O)(=O)C1)c1ccccc1Cl. The Morgan fingerprint density at radius 2 is 2.09 bits per heavy atom. The minimum atomic E-state index is -3.03. The van der Waals surface area contributed by atoms with E-state index >= 15 is 0 Å². The molecule has 0 spiro atoms. The van der Waals surface area contributed by atoms with Gasteiger partial charge in [0.2, 0.25) is 5.91 Å². The number of sulfone groups is 1. The molecule has 5 nitrogen and oxygen atoms in total. The molecular formula is C15H21ClN2O3S. The Morgan fingerprint density at radius 3 is 2.68 bits per heavy atom. The second-order valence-electron chi connectivity index (χ2n) is 6.07. The van der Waals surface area contributed by atoms with Crippen molar-refractivity contribution in [3.05, 3.63) is 34.9 Å². The van der Waals surface area contributed by atoms with E-state index in [4.69, 9.17) is 11.6 Å². The summed E-state index contributed by atoms with van der Waals surface area (Å²) >= 11 is 6.12. The maximum absolute atomic E-state index is 12.0. The summed E-state index contributed by atoms with van der Waals surface area (Å²) in [7, 11) is -3.03. The van der Waals surface area contributed by atoms with Gasteiger partial charge >= 0.3 is 0 Å². The molecule has 1 aliphatic heterocycles. The number of hydrogen-bond donors (Lipinski definition) is 2.